The van der Waals surface area contributed by atoms with Gasteiger partial charge < -0.3 is 10.1 Å². The van der Waals surface area contributed by atoms with E-state index in [1.807, 2.05) is 26.0 Å². The SMILES string of the molecule is Cc1ccc(NC(=O)COC(=O)[C@H](C)NS(=O)(=O)c2ccc(C)cc2)cc1. The predicted octanol–water partition coefficient (Wildman–Crippen LogP) is 2.15. The van der Waals surface area contributed by atoms with Gasteiger partial charge in [-0.2, -0.15) is 4.72 Å². The van der Waals surface area contributed by atoms with Gasteiger partial charge in [0.2, 0.25) is 10.0 Å². The van der Waals surface area contributed by atoms with Crippen LogP contribution in [0.1, 0.15) is 18.1 Å². The molecule has 0 radical (unpaired) electrons. The molecule has 7 nitrogen and oxygen atoms in total. The summed E-state index contributed by atoms with van der Waals surface area (Å²) in [5, 5.41) is 2.59. The fourth-order valence-electron chi connectivity index (χ4n) is 2.16. The third-order valence-electron chi connectivity index (χ3n) is 3.70. The van der Waals surface area contributed by atoms with E-state index in [9.17, 15) is 18.0 Å². The topological polar surface area (TPSA) is 102 Å². The highest BCUT2D eigenvalue weighted by molar-refractivity contribution is 7.89. The molecule has 0 unspecified atom stereocenters. The van der Waals surface area contributed by atoms with Crippen molar-refractivity contribution < 1.29 is 22.7 Å². The minimum absolute atomic E-state index is 0.0462. The molecule has 1 amide bonds. The largest absolute Gasteiger partial charge is 0.454 e. The monoisotopic (exact) mass is 390 g/mol. The van der Waals surface area contributed by atoms with E-state index >= 15 is 0 Å². The molecule has 2 rings (SSSR count). The van der Waals surface area contributed by atoms with Crippen molar-refractivity contribution in [3.05, 3.63) is 59.7 Å². The summed E-state index contributed by atoms with van der Waals surface area (Å²) in [6, 6.07) is 12.2. The molecule has 0 heterocycles. The smallest absolute Gasteiger partial charge is 0.324 e. The Bertz CT molecular complexity index is 906. The Morgan fingerprint density at radius 2 is 1.48 bits per heavy atom. The molecule has 0 spiro atoms. The average Bonchev–Trinajstić information content (AvgIpc) is 2.61. The van der Waals surface area contributed by atoms with E-state index in [1.54, 1.807) is 24.3 Å². The first kappa shape index (κ1) is 20.6. The number of esters is 1. The number of carbonyl (C=O) groups is 2. The molecule has 0 bridgehead atoms. The first-order valence-corrected chi connectivity index (χ1v) is 9.78. The van der Waals surface area contributed by atoms with E-state index < -0.39 is 34.5 Å². The number of hydrogen-bond donors (Lipinski definition) is 2. The first-order chi connectivity index (χ1) is 12.7. The molecule has 0 saturated heterocycles. The number of ether oxygens (including phenoxy) is 1. The van der Waals surface area contributed by atoms with Gasteiger partial charge in [-0.3, -0.25) is 9.59 Å². The Kier molecular flexibility index (Phi) is 6.70. The van der Waals surface area contributed by atoms with Crippen LogP contribution >= 0.6 is 0 Å². The van der Waals surface area contributed by atoms with Crippen LogP contribution < -0.4 is 10.0 Å². The highest BCUT2D eigenvalue weighted by Gasteiger charge is 2.23. The van der Waals surface area contributed by atoms with Crippen LogP contribution in [0.25, 0.3) is 0 Å². The van der Waals surface area contributed by atoms with Crippen molar-refractivity contribution in [3.8, 4) is 0 Å². The molecule has 0 aliphatic rings. The molecule has 2 aromatic carbocycles. The summed E-state index contributed by atoms with van der Waals surface area (Å²) in [6.07, 6.45) is 0. The van der Waals surface area contributed by atoms with Crippen molar-refractivity contribution in [2.24, 2.45) is 0 Å². The number of benzene rings is 2. The summed E-state index contributed by atoms with van der Waals surface area (Å²) < 4.78 is 31.7. The molecule has 27 heavy (non-hydrogen) atoms. The molecular formula is C19H22N2O5S. The van der Waals surface area contributed by atoms with E-state index in [0.29, 0.717) is 5.69 Å². The minimum Gasteiger partial charge on any atom is -0.454 e. The van der Waals surface area contributed by atoms with Gasteiger partial charge >= 0.3 is 5.97 Å². The van der Waals surface area contributed by atoms with Crippen LogP contribution in [0.2, 0.25) is 0 Å². The zero-order chi connectivity index (χ0) is 20.0. The van der Waals surface area contributed by atoms with Gasteiger partial charge in [-0.05, 0) is 45.0 Å². The van der Waals surface area contributed by atoms with E-state index in [4.69, 9.17) is 4.74 Å². The quantitative estimate of drug-likeness (QED) is 0.706. The van der Waals surface area contributed by atoms with Crippen molar-refractivity contribution in [2.75, 3.05) is 11.9 Å². The second-order valence-corrected chi connectivity index (χ2v) is 7.89. The lowest BCUT2D eigenvalue weighted by Crippen LogP contribution is -2.40. The molecule has 0 fully saturated rings. The fraction of sp³-hybridized carbons (Fsp3) is 0.263. The van der Waals surface area contributed by atoms with Crippen LogP contribution in [0, 0.1) is 13.8 Å². The van der Waals surface area contributed by atoms with E-state index in [-0.39, 0.29) is 4.90 Å². The Labute approximate surface area is 158 Å². The van der Waals surface area contributed by atoms with Gasteiger partial charge in [-0.15, -0.1) is 0 Å². The highest BCUT2D eigenvalue weighted by atomic mass is 32.2. The van der Waals surface area contributed by atoms with E-state index in [1.165, 1.54) is 19.1 Å². The maximum absolute atomic E-state index is 12.3. The van der Waals surface area contributed by atoms with Crippen LogP contribution in [-0.4, -0.2) is 32.9 Å². The Balaban J connectivity index is 1.86. The molecule has 0 aromatic heterocycles. The molecule has 1 atom stereocenters. The Hall–Kier alpha value is -2.71. The summed E-state index contributed by atoms with van der Waals surface area (Å²) >= 11 is 0. The van der Waals surface area contributed by atoms with Crippen LogP contribution in [0.5, 0.6) is 0 Å². The highest BCUT2D eigenvalue weighted by Crippen LogP contribution is 2.11. The van der Waals surface area contributed by atoms with E-state index in [0.717, 1.165) is 11.1 Å². The Morgan fingerprint density at radius 1 is 0.963 bits per heavy atom. The van der Waals surface area contributed by atoms with Crippen molar-refractivity contribution >= 4 is 27.6 Å². The molecule has 0 aliphatic heterocycles. The second-order valence-electron chi connectivity index (χ2n) is 6.18. The van der Waals surface area contributed by atoms with Crippen LogP contribution in [0.4, 0.5) is 5.69 Å². The third kappa shape index (κ3) is 6.19. The van der Waals surface area contributed by atoms with Crippen molar-refractivity contribution in [3.63, 3.8) is 0 Å². The number of amides is 1. The summed E-state index contributed by atoms with van der Waals surface area (Å²) in [6.45, 7) is 4.60. The minimum atomic E-state index is -3.86. The third-order valence-corrected chi connectivity index (χ3v) is 5.25. The molecule has 0 saturated carbocycles. The van der Waals surface area contributed by atoms with Gasteiger partial charge in [-0.1, -0.05) is 35.4 Å². The Morgan fingerprint density at radius 3 is 2.04 bits per heavy atom. The van der Waals surface area contributed by atoms with Crippen molar-refractivity contribution in [1.29, 1.82) is 0 Å². The molecule has 2 N–H and O–H groups in total. The lowest BCUT2D eigenvalue weighted by molar-refractivity contribution is -0.148. The molecule has 8 heteroatoms. The maximum atomic E-state index is 12.3. The van der Waals surface area contributed by atoms with Crippen LogP contribution in [0.15, 0.2) is 53.4 Å². The van der Waals surface area contributed by atoms with Gasteiger partial charge in [0.25, 0.3) is 5.91 Å². The van der Waals surface area contributed by atoms with Crippen molar-refractivity contribution in [1.82, 2.24) is 4.72 Å². The molecule has 2 aromatic rings. The second kappa shape index (κ2) is 8.79. The molecule has 0 aliphatic carbocycles. The lowest BCUT2D eigenvalue weighted by atomic mass is 10.2. The van der Waals surface area contributed by atoms with Crippen LogP contribution in [-0.2, 0) is 24.3 Å². The van der Waals surface area contributed by atoms with Crippen molar-refractivity contribution in [2.45, 2.75) is 31.7 Å². The van der Waals surface area contributed by atoms with Gasteiger partial charge in [0.15, 0.2) is 6.61 Å². The average molecular weight is 390 g/mol. The number of hydrogen-bond acceptors (Lipinski definition) is 5. The maximum Gasteiger partial charge on any atom is 0.324 e. The molecular weight excluding hydrogens is 368 g/mol. The van der Waals surface area contributed by atoms with Gasteiger partial charge in [-0.25, -0.2) is 8.42 Å². The van der Waals surface area contributed by atoms with Gasteiger partial charge in [0, 0.05) is 5.69 Å². The number of sulfonamides is 1. The summed E-state index contributed by atoms with van der Waals surface area (Å²) in [4.78, 5) is 23.9. The van der Waals surface area contributed by atoms with Gasteiger partial charge in [0.1, 0.15) is 6.04 Å². The predicted molar refractivity (Wildman–Crippen MR) is 102 cm³/mol. The normalized spacial score (nSPS) is 12.3. The standard InChI is InChI=1S/C19H22N2O5S/c1-13-4-8-16(9-5-13)20-18(22)12-26-19(23)15(3)21-27(24,25)17-10-6-14(2)7-11-17/h4-11,15,21H,12H2,1-3H3,(H,20,22)/t15-/m0/s1. The van der Waals surface area contributed by atoms with Crippen LogP contribution in [0.3, 0.4) is 0 Å². The zero-order valence-electron chi connectivity index (χ0n) is 15.4. The number of anilines is 1. The summed E-state index contributed by atoms with van der Waals surface area (Å²) in [5.74, 6) is -1.36. The summed E-state index contributed by atoms with van der Waals surface area (Å²) in [5.41, 5.74) is 2.55. The fourth-order valence-corrected chi connectivity index (χ4v) is 3.35. The molecule has 144 valence electrons. The first-order valence-electron chi connectivity index (χ1n) is 8.29. The number of aryl methyl sites for hydroxylation is 2. The van der Waals surface area contributed by atoms with Gasteiger partial charge in [0.05, 0.1) is 4.90 Å². The lowest BCUT2D eigenvalue weighted by Gasteiger charge is -2.14. The number of carbonyl (C=O) groups excluding carboxylic acids is 2. The zero-order valence-corrected chi connectivity index (χ0v) is 16.2. The number of rotatable bonds is 7. The number of nitrogens with one attached hydrogen (secondary N) is 2. The van der Waals surface area contributed by atoms with E-state index in [2.05, 4.69) is 10.0 Å². The summed E-state index contributed by atoms with van der Waals surface area (Å²) in [7, 11) is -3.86.